The number of aromatic nitrogens is 2. The van der Waals surface area contributed by atoms with Crippen LogP contribution in [0.15, 0.2) is 64.5 Å². The van der Waals surface area contributed by atoms with Crippen LogP contribution in [-0.2, 0) is 20.9 Å². The van der Waals surface area contributed by atoms with E-state index in [1.807, 2.05) is 0 Å². The first-order valence-corrected chi connectivity index (χ1v) is 9.85. The number of amidine groups is 1. The molecule has 1 aromatic carbocycles. The SMILES string of the molecule is N=C(N)c1ccc(-n2ccn(CC(=O)NC(CC(=O)O)c3ccoc3)c2=O)cc1.O=C(O)C(F)(F)F. The third-order valence-corrected chi connectivity index (χ3v) is 4.52. The number of carboxylic acid groups (broad SMARTS) is 2. The van der Waals surface area contributed by atoms with Gasteiger partial charge in [0.2, 0.25) is 5.91 Å². The molecule has 192 valence electrons. The summed E-state index contributed by atoms with van der Waals surface area (Å²) in [5, 5.41) is 26.2. The fourth-order valence-corrected chi connectivity index (χ4v) is 2.83. The molecule has 0 aliphatic heterocycles. The molecule has 0 aliphatic carbocycles. The van der Waals surface area contributed by atoms with Gasteiger partial charge in [-0.25, -0.2) is 9.59 Å². The van der Waals surface area contributed by atoms with Crippen LogP contribution in [0.5, 0.6) is 0 Å². The minimum atomic E-state index is -5.08. The number of carboxylic acids is 2. The van der Waals surface area contributed by atoms with Crippen LogP contribution in [-0.4, -0.2) is 49.2 Å². The summed E-state index contributed by atoms with van der Waals surface area (Å²) in [4.78, 5) is 44.9. The van der Waals surface area contributed by atoms with Crippen molar-refractivity contribution >= 4 is 23.7 Å². The smallest absolute Gasteiger partial charge is 0.481 e. The highest BCUT2D eigenvalue weighted by atomic mass is 19.4. The molecule has 3 rings (SSSR count). The van der Waals surface area contributed by atoms with Crippen LogP contribution in [0, 0.1) is 5.41 Å². The zero-order valence-corrected chi connectivity index (χ0v) is 18.2. The summed E-state index contributed by atoms with van der Waals surface area (Å²) >= 11 is 0. The van der Waals surface area contributed by atoms with E-state index in [1.165, 1.54) is 34.1 Å². The van der Waals surface area contributed by atoms with Crippen molar-refractivity contribution in [2.24, 2.45) is 5.73 Å². The number of aliphatic carboxylic acids is 2. The van der Waals surface area contributed by atoms with Crippen molar-refractivity contribution in [1.82, 2.24) is 14.5 Å². The predicted octanol–water partition coefficient (Wildman–Crippen LogP) is 1.48. The van der Waals surface area contributed by atoms with Gasteiger partial charge in [-0.2, -0.15) is 13.2 Å². The van der Waals surface area contributed by atoms with E-state index >= 15 is 0 Å². The van der Waals surface area contributed by atoms with Crippen LogP contribution < -0.4 is 16.7 Å². The lowest BCUT2D eigenvalue weighted by atomic mass is 10.1. The zero-order chi connectivity index (χ0) is 27.0. The topological polar surface area (TPSA) is 194 Å². The number of nitrogens with zero attached hydrogens (tertiary/aromatic N) is 2. The molecule has 0 aliphatic rings. The van der Waals surface area contributed by atoms with E-state index in [4.69, 9.17) is 30.6 Å². The Morgan fingerprint density at radius 1 is 1.11 bits per heavy atom. The Hall–Kier alpha value is -4.82. The maximum Gasteiger partial charge on any atom is 0.490 e. The number of alkyl halides is 3. The van der Waals surface area contributed by atoms with Crippen molar-refractivity contribution in [2.75, 3.05) is 0 Å². The van der Waals surface area contributed by atoms with Crippen LogP contribution in [0.1, 0.15) is 23.6 Å². The predicted molar refractivity (Wildman–Crippen MR) is 117 cm³/mol. The Balaban J connectivity index is 0.000000572. The monoisotopic (exact) mass is 511 g/mol. The Labute approximate surface area is 199 Å². The van der Waals surface area contributed by atoms with Gasteiger partial charge in [0.25, 0.3) is 0 Å². The lowest BCUT2D eigenvalue weighted by Crippen LogP contribution is -2.35. The molecular weight excluding hydrogens is 491 g/mol. The van der Waals surface area contributed by atoms with Gasteiger partial charge in [0.15, 0.2) is 0 Å². The number of imidazole rings is 1. The van der Waals surface area contributed by atoms with E-state index in [9.17, 15) is 27.6 Å². The summed E-state index contributed by atoms with van der Waals surface area (Å²) in [6.45, 7) is -0.272. The highest BCUT2D eigenvalue weighted by molar-refractivity contribution is 5.95. The molecule has 0 saturated carbocycles. The van der Waals surface area contributed by atoms with Crippen molar-refractivity contribution in [2.45, 2.75) is 25.2 Å². The van der Waals surface area contributed by atoms with Crippen molar-refractivity contribution in [3.63, 3.8) is 0 Å². The molecule has 1 unspecified atom stereocenters. The number of hydrogen-bond donors (Lipinski definition) is 5. The van der Waals surface area contributed by atoms with Crippen molar-refractivity contribution in [1.29, 1.82) is 5.41 Å². The second-order valence-electron chi connectivity index (χ2n) is 7.12. The maximum atomic E-state index is 12.6. The summed E-state index contributed by atoms with van der Waals surface area (Å²) < 4.78 is 39.2. The fraction of sp³-hybridized carbons (Fsp3) is 0.190. The van der Waals surface area contributed by atoms with E-state index in [1.54, 1.807) is 30.3 Å². The van der Waals surface area contributed by atoms with E-state index in [0.29, 0.717) is 16.8 Å². The Morgan fingerprint density at radius 2 is 1.72 bits per heavy atom. The minimum Gasteiger partial charge on any atom is -0.481 e. The highest BCUT2D eigenvalue weighted by Gasteiger charge is 2.38. The number of nitrogens with two attached hydrogens (primary N) is 1. The summed E-state index contributed by atoms with van der Waals surface area (Å²) in [6, 6.07) is 7.33. The summed E-state index contributed by atoms with van der Waals surface area (Å²) in [5.74, 6) is -4.42. The quantitative estimate of drug-likeness (QED) is 0.222. The third-order valence-electron chi connectivity index (χ3n) is 4.52. The molecule has 3 aromatic rings. The first-order valence-electron chi connectivity index (χ1n) is 9.85. The molecule has 1 amide bonds. The highest BCUT2D eigenvalue weighted by Crippen LogP contribution is 2.17. The molecular formula is C21H20F3N5O7. The second kappa shape index (κ2) is 11.5. The number of hydrogen-bond acceptors (Lipinski definition) is 6. The lowest BCUT2D eigenvalue weighted by molar-refractivity contribution is -0.192. The number of carbonyl (C=O) groups is 3. The average Bonchev–Trinajstić information content (AvgIpc) is 3.44. The number of halogens is 3. The molecule has 0 spiro atoms. The molecule has 15 heteroatoms. The van der Waals surface area contributed by atoms with Gasteiger partial charge in [0.1, 0.15) is 12.4 Å². The Bertz CT molecular complexity index is 1280. The molecule has 36 heavy (non-hydrogen) atoms. The molecule has 0 bridgehead atoms. The molecule has 1 atom stereocenters. The number of nitrogen functional groups attached to an aromatic ring is 1. The molecule has 0 fully saturated rings. The summed E-state index contributed by atoms with van der Waals surface area (Å²) in [7, 11) is 0. The van der Waals surface area contributed by atoms with Gasteiger partial charge in [0, 0.05) is 23.5 Å². The number of amides is 1. The molecule has 2 heterocycles. The van der Waals surface area contributed by atoms with Gasteiger partial charge in [-0.3, -0.25) is 24.1 Å². The number of rotatable bonds is 8. The minimum absolute atomic E-state index is 0.0772. The van der Waals surface area contributed by atoms with Crippen molar-refractivity contribution < 1.29 is 42.2 Å². The number of furan rings is 1. The molecule has 12 nitrogen and oxygen atoms in total. The van der Waals surface area contributed by atoms with Gasteiger partial charge in [-0.1, -0.05) is 0 Å². The first-order chi connectivity index (χ1) is 16.8. The number of benzene rings is 1. The molecule has 2 aromatic heterocycles. The van der Waals surface area contributed by atoms with Crippen LogP contribution in [0.25, 0.3) is 5.69 Å². The normalized spacial score (nSPS) is 11.6. The fourth-order valence-electron chi connectivity index (χ4n) is 2.83. The van der Waals surface area contributed by atoms with Gasteiger partial charge < -0.3 is 25.7 Å². The number of carbonyl (C=O) groups excluding carboxylic acids is 1. The molecule has 0 saturated heterocycles. The lowest BCUT2D eigenvalue weighted by Gasteiger charge is -2.15. The van der Waals surface area contributed by atoms with E-state index in [0.717, 1.165) is 0 Å². The largest absolute Gasteiger partial charge is 0.490 e. The number of nitrogens with one attached hydrogen (secondary N) is 2. The third kappa shape index (κ3) is 7.61. The second-order valence-corrected chi connectivity index (χ2v) is 7.12. The van der Waals surface area contributed by atoms with E-state index < -0.39 is 35.8 Å². The van der Waals surface area contributed by atoms with Crippen molar-refractivity contribution in [3.05, 3.63) is 76.9 Å². The summed E-state index contributed by atoms with van der Waals surface area (Å²) in [6.07, 6.45) is 0.331. The van der Waals surface area contributed by atoms with Crippen LogP contribution in [0.2, 0.25) is 0 Å². The zero-order valence-electron chi connectivity index (χ0n) is 18.2. The standard InChI is InChI=1S/C19H19N5O5.C2HF3O2/c20-18(21)12-1-3-14(4-2-12)24-7-6-23(19(24)28)10-16(25)22-15(9-17(26)27)13-5-8-29-11-13;3-2(4,5)1(6)7/h1-8,11,15H,9-10H2,(H3,20,21)(H,22,25)(H,26,27);(H,6,7). The van der Waals surface area contributed by atoms with Gasteiger partial charge in [0.05, 0.1) is 30.7 Å². The Morgan fingerprint density at radius 3 is 2.19 bits per heavy atom. The molecule has 6 N–H and O–H groups in total. The van der Waals surface area contributed by atoms with Crippen LogP contribution in [0.3, 0.4) is 0 Å². The van der Waals surface area contributed by atoms with E-state index in [2.05, 4.69) is 5.32 Å². The van der Waals surface area contributed by atoms with E-state index in [-0.39, 0.29) is 18.8 Å². The first kappa shape index (κ1) is 27.4. The van der Waals surface area contributed by atoms with Gasteiger partial charge in [-0.05, 0) is 30.3 Å². The Kier molecular flexibility index (Phi) is 8.79. The van der Waals surface area contributed by atoms with Crippen LogP contribution in [0.4, 0.5) is 13.2 Å². The van der Waals surface area contributed by atoms with Crippen molar-refractivity contribution in [3.8, 4) is 5.69 Å². The maximum absolute atomic E-state index is 12.6. The molecule has 0 radical (unpaired) electrons. The van der Waals surface area contributed by atoms with Gasteiger partial charge >= 0.3 is 23.8 Å². The average molecular weight is 511 g/mol. The van der Waals surface area contributed by atoms with Gasteiger partial charge in [-0.15, -0.1) is 0 Å². The van der Waals surface area contributed by atoms with Crippen LogP contribution >= 0.6 is 0 Å². The summed E-state index contributed by atoms with van der Waals surface area (Å²) in [5.41, 5.74) is 6.60.